The summed E-state index contributed by atoms with van der Waals surface area (Å²) in [4.78, 5) is 27.9. The molecule has 2 amide bonds. The van der Waals surface area contributed by atoms with Crippen LogP contribution in [0, 0.1) is 26.7 Å². The molecule has 7 heteroatoms. The fourth-order valence-electron chi connectivity index (χ4n) is 3.57. The first kappa shape index (κ1) is 27.0. The number of hydrogen-bond acceptors (Lipinski definition) is 3. The van der Waals surface area contributed by atoms with Crippen molar-refractivity contribution in [1.82, 2.24) is 10.2 Å². The molecule has 2 aromatic carbocycles. The van der Waals surface area contributed by atoms with Crippen molar-refractivity contribution < 1.29 is 14.3 Å². The molecular formula is C26H34Cl2N2O3. The molecule has 0 aliphatic carbocycles. The molecule has 2 rings (SSSR count). The van der Waals surface area contributed by atoms with Gasteiger partial charge in [-0.15, -0.1) is 0 Å². The quantitative estimate of drug-likeness (QED) is 0.450. The summed E-state index contributed by atoms with van der Waals surface area (Å²) in [5.74, 6) is 0.444. The summed E-state index contributed by atoms with van der Waals surface area (Å²) >= 11 is 12.8. The number of ether oxygens (including phenoxy) is 1. The third kappa shape index (κ3) is 7.38. The van der Waals surface area contributed by atoms with E-state index in [-0.39, 0.29) is 25.0 Å². The number of halogens is 2. The van der Waals surface area contributed by atoms with Crippen molar-refractivity contribution in [3.05, 3.63) is 62.6 Å². The maximum Gasteiger partial charge on any atom is 0.261 e. The van der Waals surface area contributed by atoms with E-state index < -0.39 is 6.04 Å². The molecule has 0 aliphatic heterocycles. The highest BCUT2D eigenvalue weighted by atomic mass is 35.5. The van der Waals surface area contributed by atoms with Gasteiger partial charge >= 0.3 is 0 Å². The Hall–Kier alpha value is -2.24. The average molecular weight is 493 g/mol. The largest absolute Gasteiger partial charge is 0.483 e. The van der Waals surface area contributed by atoms with Gasteiger partial charge in [0.2, 0.25) is 5.91 Å². The Labute approximate surface area is 207 Å². The van der Waals surface area contributed by atoms with E-state index in [1.54, 1.807) is 18.2 Å². The molecule has 0 fully saturated rings. The molecule has 0 heterocycles. The van der Waals surface area contributed by atoms with E-state index in [1.165, 1.54) is 4.90 Å². The van der Waals surface area contributed by atoms with Crippen molar-refractivity contribution in [3.8, 4) is 5.75 Å². The van der Waals surface area contributed by atoms with Crippen molar-refractivity contribution in [2.75, 3.05) is 13.2 Å². The Morgan fingerprint density at radius 2 is 1.73 bits per heavy atom. The van der Waals surface area contributed by atoms with Crippen LogP contribution in [-0.4, -0.2) is 35.9 Å². The van der Waals surface area contributed by atoms with E-state index in [1.807, 2.05) is 47.6 Å². The molecule has 1 atom stereocenters. The van der Waals surface area contributed by atoms with Crippen molar-refractivity contribution in [3.63, 3.8) is 0 Å². The second kappa shape index (κ2) is 12.3. The smallest absolute Gasteiger partial charge is 0.261 e. The molecule has 5 nitrogen and oxygen atoms in total. The van der Waals surface area contributed by atoms with Crippen LogP contribution < -0.4 is 10.1 Å². The lowest BCUT2D eigenvalue weighted by molar-refractivity contribution is -0.143. The fourth-order valence-corrected chi connectivity index (χ4v) is 4.09. The first-order valence-corrected chi connectivity index (χ1v) is 12.0. The predicted molar refractivity (Wildman–Crippen MR) is 135 cm³/mol. The molecule has 0 saturated carbocycles. The average Bonchev–Trinajstić information content (AvgIpc) is 2.75. The predicted octanol–water partition coefficient (Wildman–Crippen LogP) is 5.88. The maximum absolute atomic E-state index is 13.4. The van der Waals surface area contributed by atoms with Crippen LogP contribution in [0.5, 0.6) is 5.75 Å². The Kier molecular flexibility index (Phi) is 10.1. The first-order chi connectivity index (χ1) is 15.5. The number of amides is 2. The topological polar surface area (TPSA) is 58.6 Å². The van der Waals surface area contributed by atoms with Gasteiger partial charge in [-0.2, -0.15) is 0 Å². The maximum atomic E-state index is 13.4. The van der Waals surface area contributed by atoms with Gasteiger partial charge in [-0.05, 0) is 68.0 Å². The fraction of sp³-hybridized carbons (Fsp3) is 0.462. The van der Waals surface area contributed by atoms with Crippen molar-refractivity contribution >= 4 is 35.0 Å². The number of nitrogens with zero attached hydrogens (tertiary/aromatic N) is 1. The SMILES string of the molecule is CCC(C(=O)NCC(C)C)N(Cc1c(Cl)cccc1Cl)C(=O)COc1cc(C)cc(C)c1C. The minimum Gasteiger partial charge on any atom is -0.483 e. The lowest BCUT2D eigenvalue weighted by Crippen LogP contribution is -2.50. The summed E-state index contributed by atoms with van der Waals surface area (Å²) in [7, 11) is 0. The molecule has 0 bridgehead atoms. The van der Waals surface area contributed by atoms with Gasteiger partial charge in [0.15, 0.2) is 6.61 Å². The van der Waals surface area contributed by atoms with Crippen LogP contribution in [0.1, 0.15) is 49.4 Å². The van der Waals surface area contributed by atoms with Gasteiger partial charge in [0, 0.05) is 28.7 Å². The third-order valence-electron chi connectivity index (χ3n) is 5.58. The van der Waals surface area contributed by atoms with Gasteiger partial charge < -0.3 is 15.0 Å². The number of benzene rings is 2. The highest BCUT2D eigenvalue weighted by Gasteiger charge is 2.30. The Morgan fingerprint density at radius 3 is 2.30 bits per heavy atom. The second-order valence-electron chi connectivity index (χ2n) is 8.78. The van der Waals surface area contributed by atoms with Gasteiger partial charge in [0.05, 0.1) is 0 Å². The van der Waals surface area contributed by atoms with Crippen LogP contribution in [0.15, 0.2) is 30.3 Å². The standard InChI is InChI=1S/C26H34Cl2N2O3/c1-7-23(26(32)29-13-16(2)3)30(14-20-21(27)9-8-10-22(20)28)25(31)15-33-24-12-17(4)11-18(5)19(24)6/h8-12,16,23H,7,13-15H2,1-6H3,(H,29,32). The van der Waals surface area contributed by atoms with Gasteiger partial charge in [0.1, 0.15) is 11.8 Å². The zero-order chi connectivity index (χ0) is 24.7. The van der Waals surface area contributed by atoms with Gasteiger partial charge in [0.25, 0.3) is 5.91 Å². The first-order valence-electron chi connectivity index (χ1n) is 11.3. The van der Waals surface area contributed by atoms with E-state index in [0.717, 1.165) is 16.7 Å². The number of aryl methyl sites for hydroxylation is 2. The molecule has 180 valence electrons. The molecule has 0 aliphatic rings. The van der Waals surface area contributed by atoms with Crippen LogP contribution in [0.4, 0.5) is 0 Å². The van der Waals surface area contributed by atoms with Crippen LogP contribution in [0.3, 0.4) is 0 Å². The molecular weight excluding hydrogens is 459 g/mol. The lowest BCUT2D eigenvalue weighted by Gasteiger charge is -2.31. The number of carbonyl (C=O) groups is 2. The molecule has 1 N–H and O–H groups in total. The van der Waals surface area contributed by atoms with Crippen molar-refractivity contribution in [1.29, 1.82) is 0 Å². The van der Waals surface area contributed by atoms with E-state index in [2.05, 4.69) is 11.4 Å². The van der Waals surface area contributed by atoms with Crippen LogP contribution in [-0.2, 0) is 16.1 Å². The number of rotatable bonds is 10. The van der Waals surface area contributed by atoms with E-state index in [4.69, 9.17) is 27.9 Å². The van der Waals surface area contributed by atoms with Crippen LogP contribution in [0.2, 0.25) is 10.0 Å². The number of carbonyl (C=O) groups excluding carboxylic acids is 2. The minimum atomic E-state index is -0.674. The van der Waals surface area contributed by atoms with E-state index in [9.17, 15) is 9.59 Å². The molecule has 1 unspecified atom stereocenters. The summed E-state index contributed by atoms with van der Waals surface area (Å²) < 4.78 is 5.92. The Morgan fingerprint density at radius 1 is 1.09 bits per heavy atom. The summed E-state index contributed by atoms with van der Waals surface area (Å²) in [5, 5.41) is 3.84. The Balaban J connectivity index is 2.32. The van der Waals surface area contributed by atoms with Gasteiger partial charge in [-0.3, -0.25) is 9.59 Å². The number of nitrogens with one attached hydrogen (secondary N) is 1. The lowest BCUT2D eigenvalue weighted by atomic mass is 10.1. The highest BCUT2D eigenvalue weighted by Crippen LogP contribution is 2.28. The van der Waals surface area contributed by atoms with Gasteiger partial charge in [-0.25, -0.2) is 0 Å². The zero-order valence-corrected chi connectivity index (χ0v) is 21.8. The van der Waals surface area contributed by atoms with E-state index in [0.29, 0.717) is 40.2 Å². The summed E-state index contributed by atoms with van der Waals surface area (Å²) in [5.41, 5.74) is 3.74. The summed E-state index contributed by atoms with van der Waals surface area (Å²) in [6.45, 7) is 12.3. The summed E-state index contributed by atoms with van der Waals surface area (Å²) in [6, 6.07) is 8.51. The van der Waals surface area contributed by atoms with Crippen molar-refractivity contribution in [2.45, 2.75) is 60.5 Å². The number of hydrogen-bond donors (Lipinski definition) is 1. The minimum absolute atomic E-state index is 0.111. The zero-order valence-electron chi connectivity index (χ0n) is 20.3. The van der Waals surface area contributed by atoms with Crippen LogP contribution in [0.25, 0.3) is 0 Å². The van der Waals surface area contributed by atoms with Crippen molar-refractivity contribution in [2.24, 2.45) is 5.92 Å². The molecule has 0 spiro atoms. The summed E-state index contributed by atoms with van der Waals surface area (Å²) in [6.07, 6.45) is 0.445. The normalized spacial score (nSPS) is 11.9. The monoisotopic (exact) mass is 492 g/mol. The molecule has 0 aromatic heterocycles. The molecule has 0 saturated heterocycles. The van der Waals surface area contributed by atoms with Crippen LogP contribution >= 0.6 is 23.2 Å². The van der Waals surface area contributed by atoms with E-state index >= 15 is 0 Å². The Bertz CT molecular complexity index is 971. The van der Waals surface area contributed by atoms with Gasteiger partial charge in [-0.1, -0.05) is 56.1 Å². The molecule has 0 radical (unpaired) electrons. The highest BCUT2D eigenvalue weighted by molar-refractivity contribution is 6.36. The molecule has 2 aromatic rings. The third-order valence-corrected chi connectivity index (χ3v) is 6.28. The molecule has 33 heavy (non-hydrogen) atoms. The second-order valence-corrected chi connectivity index (χ2v) is 9.59.